The Kier molecular flexibility index (Phi) is 4.39. The molecule has 4 nitrogen and oxygen atoms in total. The lowest BCUT2D eigenvalue weighted by molar-refractivity contribution is -0.115. The minimum Gasteiger partial charge on any atom is -0.299 e. The van der Waals surface area contributed by atoms with Crippen molar-refractivity contribution in [2.75, 3.05) is 0 Å². The van der Waals surface area contributed by atoms with E-state index in [4.69, 9.17) is 0 Å². The Labute approximate surface area is 166 Å². The highest BCUT2D eigenvalue weighted by molar-refractivity contribution is 9.10. The second kappa shape index (κ2) is 6.34. The summed E-state index contributed by atoms with van der Waals surface area (Å²) in [5, 5.41) is 12.3. The number of amides is 1. The molecule has 6 heteroatoms. The summed E-state index contributed by atoms with van der Waals surface area (Å²) in [5.41, 5.74) is 2.57. The maximum atomic E-state index is 12.2. The minimum absolute atomic E-state index is 0.117. The molecule has 1 aromatic carbocycles. The predicted molar refractivity (Wildman–Crippen MR) is 112 cm³/mol. The third kappa shape index (κ3) is 2.87. The Balaban J connectivity index is 1.55. The van der Waals surface area contributed by atoms with E-state index in [-0.39, 0.29) is 16.7 Å². The average Bonchev–Trinajstić information content (AvgIpc) is 3.10. The van der Waals surface area contributed by atoms with Crippen LogP contribution in [-0.4, -0.2) is 16.8 Å². The van der Waals surface area contributed by atoms with Gasteiger partial charge >= 0.3 is 0 Å². The van der Waals surface area contributed by atoms with E-state index in [0.717, 1.165) is 16.5 Å². The van der Waals surface area contributed by atoms with Gasteiger partial charge in [-0.15, -0.1) is 5.10 Å². The van der Waals surface area contributed by atoms with Crippen LogP contribution in [0, 0.1) is 16.7 Å². The van der Waals surface area contributed by atoms with E-state index in [2.05, 4.69) is 52.2 Å². The molecule has 1 N–H and O–H groups in total. The van der Waals surface area contributed by atoms with Crippen molar-refractivity contribution in [3.8, 4) is 0 Å². The zero-order chi connectivity index (χ0) is 18.5. The summed E-state index contributed by atoms with van der Waals surface area (Å²) in [6.07, 6.45) is 5.37. The van der Waals surface area contributed by atoms with E-state index in [9.17, 15) is 4.79 Å². The molecule has 26 heavy (non-hydrogen) atoms. The Hall–Kier alpha value is -1.40. The summed E-state index contributed by atoms with van der Waals surface area (Å²) >= 11 is 4.80. The monoisotopic (exact) mass is 431 g/mol. The largest absolute Gasteiger partial charge is 0.299 e. The van der Waals surface area contributed by atoms with Crippen molar-refractivity contribution in [3.63, 3.8) is 0 Å². The summed E-state index contributed by atoms with van der Waals surface area (Å²) < 4.78 is 0.989. The van der Waals surface area contributed by atoms with E-state index >= 15 is 0 Å². The molecule has 2 bridgehead atoms. The summed E-state index contributed by atoms with van der Waals surface area (Å²) in [6, 6.07) is 7.87. The number of nitrogens with zero attached hydrogens (tertiary/aromatic N) is 2. The minimum atomic E-state index is -0.117. The summed E-state index contributed by atoms with van der Waals surface area (Å²) in [7, 11) is 0. The average molecular weight is 432 g/mol. The van der Waals surface area contributed by atoms with E-state index in [1.165, 1.54) is 30.3 Å². The van der Waals surface area contributed by atoms with E-state index < -0.39 is 0 Å². The number of benzene rings is 1. The molecule has 1 aromatic rings. The van der Waals surface area contributed by atoms with Gasteiger partial charge in [-0.2, -0.15) is 5.10 Å². The fraction of sp³-hybridized carbons (Fsp3) is 0.450. The molecule has 2 saturated carbocycles. The molecule has 2 aliphatic carbocycles. The highest BCUT2D eigenvalue weighted by Gasteiger charge is 2.60. The van der Waals surface area contributed by atoms with Crippen molar-refractivity contribution in [1.82, 2.24) is 5.32 Å². The van der Waals surface area contributed by atoms with Crippen LogP contribution in [0.1, 0.15) is 45.6 Å². The molecule has 1 heterocycles. The van der Waals surface area contributed by atoms with Crippen molar-refractivity contribution >= 4 is 50.6 Å². The number of halogens is 1. The number of rotatable bonds is 2. The van der Waals surface area contributed by atoms with Gasteiger partial charge in [-0.3, -0.25) is 10.1 Å². The molecular formula is C20H22BrN3OS. The van der Waals surface area contributed by atoms with Gasteiger partial charge in [0.25, 0.3) is 5.91 Å². The topological polar surface area (TPSA) is 53.8 Å². The second-order valence-corrected chi connectivity index (χ2v) is 10.0. The molecule has 1 aliphatic heterocycles. The Morgan fingerprint density at radius 1 is 1.31 bits per heavy atom. The molecule has 1 saturated heterocycles. The first-order valence-corrected chi connectivity index (χ1v) is 10.5. The van der Waals surface area contributed by atoms with Crippen LogP contribution in [0.2, 0.25) is 0 Å². The summed E-state index contributed by atoms with van der Waals surface area (Å²) in [4.78, 5) is 12.9. The van der Waals surface area contributed by atoms with Crippen molar-refractivity contribution < 1.29 is 4.79 Å². The van der Waals surface area contributed by atoms with E-state index in [1.54, 1.807) is 0 Å². The Morgan fingerprint density at radius 2 is 2.12 bits per heavy atom. The van der Waals surface area contributed by atoms with Crippen molar-refractivity contribution in [1.29, 1.82) is 0 Å². The van der Waals surface area contributed by atoms with Gasteiger partial charge in [0, 0.05) is 15.6 Å². The molecule has 3 fully saturated rings. The third-order valence-electron chi connectivity index (χ3n) is 6.57. The van der Waals surface area contributed by atoms with Crippen LogP contribution in [0.5, 0.6) is 0 Å². The van der Waals surface area contributed by atoms with E-state index in [1.807, 2.05) is 30.3 Å². The molecule has 4 rings (SSSR count). The van der Waals surface area contributed by atoms with E-state index in [0.29, 0.717) is 16.0 Å². The van der Waals surface area contributed by atoms with Crippen LogP contribution < -0.4 is 5.32 Å². The lowest BCUT2D eigenvalue weighted by Crippen LogP contribution is -2.32. The number of carbonyl (C=O) groups is 1. The molecule has 136 valence electrons. The predicted octanol–water partition coefficient (Wildman–Crippen LogP) is 5.21. The summed E-state index contributed by atoms with van der Waals surface area (Å²) in [5.74, 6) is 0.581. The molecule has 0 spiro atoms. The fourth-order valence-corrected chi connectivity index (χ4v) is 5.60. The maximum Gasteiger partial charge on any atom is 0.264 e. The van der Waals surface area contributed by atoms with Crippen LogP contribution in [-0.2, 0) is 4.79 Å². The van der Waals surface area contributed by atoms with Crippen LogP contribution in [0.3, 0.4) is 0 Å². The molecule has 0 unspecified atom stereocenters. The van der Waals surface area contributed by atoms with Crippen molar-refractivity contribution in [2.45, 2.75) is 40.0 Å². The second-order valence-electron chi connectivity index (χ2n) is 8.07. The van der Waals surface area contributed by atoms with Gasteiger partial charge in [0.15, 0.2) is 5.17 Å². The lowest BCUT2D eigenvalue weighted by atomic mass is 9.70. The number of carbonyl (C=O) groups excluding carboxylic acids is 1. The van der Waals surface area contributed by atoms with Crippen molar-refractivity contribution in [3.05, 3.63) is 39.2 Å². The van der Waals surface area contributed by atoms with Gasteiger partial charge in [-0.25, -0.2) is 0 Å². The molecule has 2 atom stereocenters. The fourth-order valence-electron chi connectivity index (χ4n) is 4.41. The first kappa shape index (κ1) is 18.0. The Morgan fingerprint density at radius 3 is 2.77 bits per heavy atom. The third-order valence-corrected chi connectivity index (χ3v) is 7.96. The number of amidine groups is 1. The first-order chi connectivity index (χ1) is 12.3. The number of thioether (sulfide) groups is 1. The first-order valence-electron chi connectivity index (χ1n) is 8.91. The number of hydrogen-bond donors (Lipinski definition) is 1. The zero-order valence-electron chi connectivity index (χ0n) is 15.2. The molecule has 3 aliphatic rings. The van der Waals surface area contributed by atoms with Gasteiger partial charge in [-0.05, 0) is 66.1 Å². The highest BCUT2D eigenvalue weighted by atomic mass is 79.9. The van der Waals surface area contributed by atoms with Gasteiger partial charge in [0.2, 0.25) is 0 Å². The van der Waals surface area contributed by atoms with Crippen LogP contribution in [0.25, 0.3) is 6.08 Å². The number of fused-ring (bicyclic) bond motifs is 2. The van der Waals surface area contributed by atoms with Gasteiger partial charge in [-0.1, -0.05) is 48.8 Å². The van der Waals surface area contributed by atoms with Crippen LogP contribution >= 0.6 is 27.7 Å². The highest BCUT2D eigenvalue weighted by Crippen LogP contribution is 2.64. The Bertz CT molecular complexity index is 874. The number of hydrogen-bond acceptors (Lipinski definition) is 4. The van der Waals surface area contributed by atoms with Gasteiger partial charge in [0.1, 0.15) is 0 Å². The smallest absolute Gasteiger partial charge is 0.264 e. The molecule has 1 amide bonds. The van der Waals surface area contributed by atoms with Crippen molar-refractivity contribution in [2.24, 2.45) is 27.0 Å². The molecular weight excluding hydrogens is 410 g/mol. The van der Waals surface area contributed by atoms with Crippen LogP contribution in [0.4, 0.5) is 0 Å². The van der Waals surface area contributed by atoms with Gasteiger partial charge < -0.3 is 0 Å². The summed E-state index contributed by atoms with van der Waals surface area (Å²) in [6.45, 7) is 7.02. The maximum absolute atomic E-state index is 12.2. The normalized spacial score (nSPS) is 34.2. The van der Waals surface area contributed by atoms with Crippen LogP contribution in [0.15, 0.2) is 43.8 Å². The quantitative estimate of drug-likeness (QED) is 0.515. The standard InChI is InChI=1S/C20H22BrN3OS/c1-19(2)13-7-8-20(19,3)16(11-13)23-24-18-22-17(25)15(26-18)10-12-5-4-6-14(21)9-12/h4-6,9-10,13H,7-8,11H2,1-3H3,(H,22,24,25)/b15-10-,23-16?/t13-,20+/m0/s1. The lowest BCUT2D eigenvalue weighted by Gasteiger charge is -2.34. The zero-order valence-corrected chi connectivity index (χ0v) is 17.6. The SMILES string of the molecule is CC1(C)[C@H]2CC[C@]1(C)C(=NN=C1NC(=O)/C(=C/c3cccc(Br)c3)S1)C2. The number of nitrogens with one attached hydrogen (secondary N) is 1. The molecule has 0 aromatic heterocycles. The van der Waals surface area contributed by atoms with Gasteiger partial charge in [0.05, 0.1) is 4.91 Å². The molecule has 0 radical (unpaired) electrons.